The molecule has 136 valence electrons. The maximum atomic E-state index is 11.9. The highest BCUT2D eigenvalue weighted by atomic mass is 35.6. The molecule has 0 fully saturated rings. The molecule has 0 aromatic heterocycles. The number of esters is 1. The van der Waals surface area contributed by atoms with E-state index < -0.39 is 22.5 Å². The van der Waals surface area contributed by atoms with E-state index in [1.165, 1.54) is 26.3 Å². The minimum absolute atomic E-state index is 0.0627. The van der Waals surface area contributed by atoms with Gasteiger partial charge in [-0.2, -0.15) is 0 Å². The third kappa shape index (κ3) is 6.51. The molecule has 4 N–H and O–H groups in total. The Hall–Kier alpha value is -1.57. The molecule has 0 saturated carbocycles. The van der Waals surface area contributed by atoms with E-state index >= 15 is 0 Å². The number of rotatable bonds is 3. The summed E-state index contributed by atoms with van der Waals surface area (Å²) in [5.74, 6) is -0.665. The number of nitrogen functional groups attached to an aromatic ring is 2. The third-order valence-electron chi connectivity index (χ3n) is 2.60. The van der Waals surface area contributed by atoms with Crippen molar-refractivity contribution in [2.45, 2.75) is 17.6 Å². The van der Waals surface area contributed by atoms with Gasteiger partial charge in [-0.3, -0.25) is 4.90 Å². The molecule has 0 heterocycles. The van der Waals surface area contributed by atoms with Crippen LogP contribution in [0.25, 0.3) is 0 Å². The van der Waals surface area contributed by atoms with Crippen LogP contribution in [-0.4, -0.2) is 36.6 Å². The van der Waals surface area contributed by atoms with Gasteiger partial charge >= 0.3 is 12.1 Å². The quantitative estimate of drug-likeness (QED) is 0.456. The zero-order valence-corrected chi connectivity index (χ0v) is 16.0. The Labute approximate surface area is 155 Å². The van der Waals surface area contributed by atoms with Gasteiger partial charge < -0.3 is 20.9 Å². The number of halogens is 3. The molecule has 24 heavy (non-hydrogen) atoms. The van der Waals surface area contributed by atoms with Gasteiger partial charge in [0.2, 0.25) is 3.79 Å². The maximum absolute atomic E-state index is 11.9. The van der Waals surface area contributed by atoms with Gasteiger partial charge in [0.05, 0.1) is 24.0 Å². The third-order valence-corrected chi connectivity index (χ3v) is 2.93. The van der Waals surface area contributed by atoms with E-state index in [4.69, 9.17) is 51.0 Å². The summed E-state index contributed by atoms with van der Waals surface area (Å²) >= 11 is 16.5. The number of anilines is 3. The van der Waals surface area contributed by atoms with E-state index in [1.807, 2.05) is 13.8 Å². The molecule has 1 aromatic carbocycles. The van der Waals surface area contributed by atoms with E-state index in [1.54, 1.807) is 0 Å². The average molecular weight is 401 g/mol. The van der Waals surface area contributed by atoms with E-state index in [9.17, 15) is 9.59 Å². The van der Waals surface area contributed by atoms with Crippen LogP contribution >= 0.6 is 34.8 Å². The minimum atomic E-state index is -1.74. The fourth-order valence-electron chi connectivity index (χ4n) is 1.54. The summed E-state index contributed by atoms with van der Waals surface area (Å²) in [7, 11) is 2.58. The summed E-state index contributed by atoms with van der Waals surface area (Å²) in [6.07, 6.45) is -0.821. The van der Waals surface area contributed by atoms with Crippen molar-refractivity contribution < 1.29 is 19.1 Å². The van der Waals surface area contributed by atoms with Crippen molar-refractivity contribution in [1.29, 1.82) is 0 Å². The van der Waals surface area contributed by atoms with Crippen LogP contribution < -0.4 is 16.4 Å². The lowest BCUT2D eigenvalue weighted by molar-refractivity contribution is 0.0602. The molecule has 1 amide bonds. The number of ether oxygens (including phenoxy) is 2. The fraction of sp³-hybridized carbons (Fsp3) is 0.429. The molecule has 7 nitrogen and oxygen atoms in total. The van der Waals surface area contributed by atoms with Crippen LogP contribution in [-0.2, 0) is 9.47 Å². The number of hydrogen-bond donors (Lipinski definition) is 2. The summed E-state index contributed by atoms with van der Waals surface area (Å²) < 4.78 is 7.68. The van der Waals surface area contributed by atoms with E-state index in [-0.39, 0.29) is 22.6 Å². The monoisotopic (exact) mass is 399 g/mol. The van der Waals surface area contributed by atoms with Gasteiger partial charge in [0.25, 0.3) is 0 Å². The SMILES string of the molecule is CC.COC(=O)c1cc(N(C)C(=O)OCC(Cl)(Cl)Cl)c(N)cc1N. The number of alkyl halides is 3. The van der Waals surface area contributed by atoms with Crippen LogP contribution in [0.5, 0.6) is 0 Å². The highest BCUT2D eigenvalue weighted by Gasteiger charge is 2.25. The van der Waals surface area contributed by atoms with Gasteiger partial charge in [-0.05, 0) is 12.1 Å². The first-order chi connectivity index (χ1) is 11.1. The number of methoxy groups -OCH3 is 1. The fourth-order valence-corrected chi connectivity index (χ4v) is 1.70. The molecule has 0 spiro atoms. The topological polar surface area (TPSA) is 108 Å². The van der Waals surface area contributed by atoms with Crippen molar-refractivity contribution >= 4 is 63.9 Å². The van der Waals surface area contributed by atoms with E-state index in [0.29, 0.717) is 0 Å². The molecule has 0 bridgehead atoms. The van der Waals surface area contributed by atoms with Crippen LogP contribution in [0.15, 0.2) is 12.1 Å². The largest absolute Gasteiger partial charge is 0.465 e. The molecular weight excluding hydrogens is 381 g/mol. The summed E-state index contributed by atoms with van der Waals surface area (Å²) in [6.45, 7) is 3.56. The van der Waals surface area contributed by atoms with Crippen molar-refractivity contribution in [2.75, 3.05) is 37.1 Å². The predicted octanol–water partition coefficient (Wildman–Crippen LogP) is 3.61. The molecule has 0 atom stereocenters. The predicted molar refractivity (Wildman–Crippen MR) is 98.0 cm³/mol. The van der Waals surface area contributed by atoms with Crippen LogP contribution in [0, 0.1) is 0 Å². The number of amides is 1. The zero-order valence-electron chi connectivity index (χ0n) is 13.7. The number of nitrogens with zero attached hydrogens (tertiary/aromatic N) is 1. The zero-order chi connectivity index (χ0) is 19.1. The van der Waals surface area contributed by atoms with Crippen molar-refractivity contribution in [3.05, 3.63) is 17.7 Å². The van der Waals surface area contributed by atoms with Crippen LogP contribution in [0.3, 0.4) is 0 Å². The summed E-state index contributed by atoms with van der Waals surface area (Å²) in [4.78, 5) is 24.6. The lowest BCUT2D eigenvalue weighted by Gasteiger charge is -2.21. The minimum Gasteiger partial charge on any atom is -0.465 e. The van der Waals surface area contributed by atoms with Gasteiger partial charge in [0, 0.05) is 12.7 Å². The van der Waals surface area contributed by atoms with Gasteiger partial charge in [-0.25, -0.2) is 9.59 Å². The van der Waals surface area contributed by atoms with Crippen molar-refractivity contribution in [3.63, 3.8) is 0 Å². The molecule has 0 aliphatic carbocycles. The Kier molecular flexibility index (Phi) is 9.03. The summed E-state index contributed by atoms with van der Waals surface area (Å²) in [5, 5.41) is 0. The Morgan fingerprint density at radius 1 is 1.17 bits per heavy atom. The first-order valence-corrected chi connectivity index (χ1v) is 7.94. The molecule has 0 unspecified atom stereocenters. The summed E-state index contributed by atoms with van der Waals surface area (Å²) in [6, 6.07) is 2.65. The van der Waals surface area contributed by atoms with Gasteiger partial charge in [0.1, 0.15) is 6.61 Å². The second-order valence-electron chi connectivity index (χ2n) is 4.22. The normalized spacial score (nSPS) is 10.3. The number of hydrogen-bond acceptors (Lipinski definition) is 6. The molecule has 0 aliphatic rings. The van der Waals surface area contributed by atoms with Gasteiger partial charge in [0.15, 0.2) is 0 Å². The molecule has 0 aliphatic heterocycles. The second-order valence-corrected chi connectivity index (χ2v) is 6.73. The average Bonchev–Trinajstić information content (AvgIpc) is 2.52. The Balaban J connectivity index is 0.00000254. The number of benzene rings is 1. The molecule has 10 heteroatoms. The van der Waals surface area contributed by atoms with Crippen LogP contribution in [0.2, 0.25) is 0 Å². The standard InChI is InChI=1S/C12H14Cl3N3O4.C2H6/c1-18(11(20)22-5-12(13,14)15)9-3-6(10(19)21-2)7(16)4-8(9)17;1-2/h3-4H,5,16-17H2,1-2H3;1-2H3. The molecule has 1 aromatic rings. The van der Waals surface area contributed by atoms with Crippen molar-refractivity contribution in [2.24, 2.45) is 0 Å². The maximum Gasteiger partial charge on any atom is 0.414 e. The lowest BCUT2D eigenvalue weighted by Crippen LogP contribution is -2.31. The Bertz CT molecular complexity index is 591. The molecular formula is C14H20Cl3N3O4. The second kappa shape index (κ2) is 9.66. The molecule has 1 rings (SSSR count). The number of carbonyl (C=O) groups excluding carboxylic acids is 2. The summed E-state index contributed by atoms with van der Waals surface area (Å²) in [5.41, 5.74) is 12.0. The molecule has 0 saturated heterocycles. The van der Waals surface area contributed by atoms with E-state index in [0.717, 1.165) is 4.90 Å². The first-order valence-electron chi connectivity index (χ1n) is 6.81. The Morgan fingerprint density at radius 3 is 2.17 bits per heavy atom. The highest BCUT2D eigenvalue weighted by Crippen LogP contribution is 2.30. The van der Waals surface area contributed by atoms with Crippen LogP contribution in [0.1, 0.15) is 24.2 Å². The highest BCUT2D eigenvalue weighted by molar-refractivity contribution is 6.67. The number of carbonyl (C=O) groups is 2. The van der Waals surface area contributed by atoms with Gasteiger partial charge in [-0.1, -0.05) is 48.7 Å². The molecule has 0 radical (unpaired) electrons. The Morgan fingerprint density at radius 2 is 1.71 bits per heavy atom. The van der Waals surface area contributed by atoms with Crippen LogP contribution in [0.4, 0.5) is 21.9 Å². The lowest BCUT2D eigenvalue weighted by atomic mass is 10.1. The van der Waals surface area contributed by atoms with E-state index in [2.05, 4.69) is 4.74 Å². The first kappa shape index (κ1) is 22.4. The number of nitrogens with two attached hydrogens (primary N) is 2. The van der Waals surface area contributed by atoms with Crippen molar-refractivity contribution in [1.82, 2.24) is 0 Å². The van der Waals surface area contributed by atoms with Crippen molar-refractivity contribution in [3.8, 4) is 0 Å². The van der Waals surface area contributed by atoms with Gasteiger partial charge in [-0.15, -0.1) is 0 Å². The smallest absolute Gasteiger partial charge is 0.414 e.